The van der Waals surface area contributed by atoms with E-state index in [4.69, 9.17) is 21.1 Å². The summed E-state index contributed by atoms with van der Waals surface area (Å²) in [6.07, 6.45) is -0.344. The van der Waals surface area contributed by atoms with Crippen LogP contribution in [0.25, 0.3) is 0 Å². The summed E-state index contributed by atoms with van der Waals surface area (Å²) >= 11 is 9.00. The molecule has 0 saturated heterocycles. The predicted molar refractivity (Wildman–Crippen MR) is 60.6 cm³/mol. The van der Waals surface area contributed by atoms with Crippen molar-refractivity contribution in [3.05, 3.63) is 28.7 Å². The molecule has 0 aliphatic carbocycles. The molecule has 0 radical (unpaired) electrons. The number of halogens is 2. The Morgan fingerprint density at radius 1 is 1.21 bits per heavy atom. The van der Waals surface area contributed by atoms with Crippen molar-refractivity contribution in [3.63, 3.8) is 0 Å². The lowest BCUT2D eigenvalue weighted by molar-refractivity contribution is -0.0755. The number of rotatable bonds is 4. The Morgan fingerprint density at radius 3 is 2.29 bits per heavy atom. The second-order valence-corrected chi connectivity index (χ2v) is 4.35. The van der Waals surface area contributed by atoms with Crippen LogP contribution < -0.4 is 4.74 Å². The van der Waals surface area contributed by atoms with Crippen molar-refractivity contribution in [2.75, 3.05) is 0 Å². The third-order valence-electron chi connectivity index (χ3n) is 1.49. The standard InChI is InChI=1S/C10H12BrClO2/c1-7(12)13-8(2)14-10-5-3-9(11)4-6-10/h3-8H,1-2H3. The molecule has 1 aromatic carbocycles. The zero-order valence-corrected chi connectivity index (χ0v) is 10.4. The van der Waals surface area contributed by atoms with Gasteiger partial charge in [0.15, 0.2) is 6.29 Å². The van der Waals surface area contributed by atoms with E-state index in [0.717, 1.165) is 10.2 Å². The van der Waals surface area contributed by atoms with Gasteiger partial charge in [-0.25, -0.2) is 0 Å². The Balaban J connectivity index is 2.47. The van der Waals surface area contributed by atoms with Crippen LogP contribution in [0.3, 0.4) is 0 Å². The molecule has 1 aromatic rings. The Hall–Kier alpha value is -0.250. The van der Waals surface area contributed by atoms with Crippen LogP contribution in [-0.2, 0) is 4.74 Å². The summed E-state index contributed by atoms with van der Waals surface area (Å²) in [7, 11) is 0. The molecule has 0 fully saturated rings. The minimum absolute atomic E-state index is 0.344. The second-order valence-electron chi connectivity index (χ2n) is 2.82. The summed E-state index contributed by atoms with van der Waals surface area (Å²) in [4.78, 5) is 0. The number of hydrogen-bond acceptors (Lipinski definition) is 2. The van der Waals surface area contributed by atoms with Crippen molar-refractivity contribution >= 4 is 27.5 Å². The van der Waals surface area contributed by atoms with Gasteiger partial charge in [0, 0.05) is 4.47 Å². The molecule has 78 valence electrons. The molecule has 1 rings (SSSR count). The molecule has 0 spiro atoms. The Bertz CT molecular complexity index is 274. The minimum atomic E-state index is -0.347. The first kappa shape index (κ1) is 11.8. The molecular weight excluding hydrogens is 267 g/mol. The topological polar surface area (TPSA) is 18.5 Å². The average Bonchev–Trinajstić information content (AvgIpc) is 2.07. The fourth-order valence-corrected chi connectivity index (χ4v) is 1.41. The Labute approximate surface area is 97.3 Å². The maximum atomic E-state index is 5.65. The third kappa shape index (κ3) is 4.31. The third-order valence-corrected chi connectivity index (χ3v) is 2.13. The summed E-state index contributed by atoms with van der Waals surface area (Å²) in [5, 5.41) is 0. The largest absolute Gasteiger partial charge is 0.465 e. The molecule has 0 N–H and O–H groups in total. The van der Waals surface area contributed by atoms with E-state index in [1.54, 1.807) is 13.8 Å². The first-order chi connectivity index (χ1) is 6.58. The van der Waals surface area contributed by atoms with Gasteiger partial charge in [-0.2, -0.15) is 0 Å². The predicted octanol–water partition coefficient (Wildman–Crippen LogP) is 3.78. The molecule has 0 saturated carbocycles. The quantitative estimate of drug-likeness (QED) is 0.617. The minimum Gasteiger partial charge on any atom is -0.465 e. The van der Waals surface area contributed by atoms with Gasteiger partial charge in [0.1, 0.15) is 11.3 Å². The molecule has 14 heavy (non-hydrogen) atoms. The zero-order chi connectivity index (χ0) is 10.6. The molecule has 0 bridgehead atoms. The number of benzene rings is 1. The maximum Gasteiger partial charge on any atom is 0.198 e. The molecule has 2 atom stereocenters. The number of hydrogen-bond donors (Lipinski definition) is 0. The Kier molecular flexibility index (Phi) is 4.72. The van der Waals surface area contributed by atoms with Crippen molar-refractivity contribution in [2.24, 2.45) is 0 Å². The van der Waals surface area contributed by atoms with Crippen LogP contribution in [-0.4, -0.2) is 11.9 Å². The fraction of sp³-hybridized carbons (Fsp3) is 0.400. The molecule has 0 aromatic heterocycles. The van der Waals surface area contributed by atoms with Gasteiger partial charge in [0.2, 0.25) is 0 Å². The van der Waals surface area contributed by atoms with Gasteiger partial charge in [0.25, 0.3) is 0 Å². The van der Waals surface area contributed by atoms with Gasteiger partial charge in [0.05, 0.1) is 0 Å². The van der Waals surface area contributed by atoms with Gasteiger partial charge in [-0.15, -0.1) is 0 Å². The van der Waals surface area contributed by atoms with E-state index in [1.165, 1.54) is 0 Å². The molecule has 0 aliphatic rings. The van der Waals surface area contributed by atoms with Crippen molar-refractivity contribution < 1.29 is 9.47 Å². The lowest BCUT2D eigenvalue weighted by Crippen LogP contribution is -2.19. The van der Waals surface area contributed by atoms with E-state index in [2.05, 4.69) is 15.9 Å². The molecule has 0 amide bonds. The first-order valence-electron chi connectivity index (χ1n) is 4.29. The normalized spacial score (nSPS) is 14.9. The summed E-state index contributed by atoms with van der Waals surface area (Å²) in [5.74, 6) is 0.762. The number of alkyl halides is 1. The molecule has 2 unspecified atom stereocenters. The van der Waals surface area contributed by atoms with E-state index in [9.17, 15) is 0 Å². The number of ether oxygens (including phenoxy) is 2. The van der Waals surface area contributed by atoms with E-state index < -0.39 is 0 Å². The molecule has 0 heterocycles. The van der Waals surface area contributed by atoms with Crippen LogP contribution in [0.2, 0.25) is 0 Å². The highest BCUT2D eigenvalue weighted by atomic mass is 79.9. The van der Waals surface area contributed by atoms with Crippen LogP contribution in [0.4, 0.5) is 0 Å². The summed E-state index contributed by atoms with van der Waals surface area (Å²) in [6, 6.07) is 7.55. The summed E-state index contributed by atoms with van der Waals surface area (Å²) in [5.41, 5.74) is -0.347. The average molecular weight is 280 g/mol. The molecule has 0 aliphatic heterocycles. The first-order valence-corrected chi connectivity index (χ1v) is 5.52. The fourth-order valence-electron chi connectivity index (χ4n) is 0.997. The Morgan fingerprint density at radius 2 is 1.79 bits per heavy atom. The van der Waals surface area contributed by atoms with E-state index in [-0.39, 0.29) is 11.9 Å². The zero-order valence-electron chi connectivity index (χ0n) is 8.04. The highest BCUT2D eigenvalue weighted by molar-refractivity contribution is 9.10. The van der Waals surface area contributed by atoms with Crippen molar-refractivity contribution in [1.82, 2.24) is 0 Å². The van der Waals surface area contributed by atoms with Gasteiger partial charge < -0.3 is 9.47 Å². The van der Waals surface area contributed by atoms with Crippen molar-refractivity contribution in [2.45, 2.75) is 25.7 Å². The lowest BCUT2D eigenvalue weighted by atomic mass is 10.3. The van der Waals surface area contributed by atoms with Gasteiger partial charge in [-0.3, -0.25) is 0 Å². The highest BCUT2D eigenvalue weighted by Gasteiger charge is 2.06. The van der Waals surface area contributed by atoms with Gasteiger partial charge in [-0.05, 0) is 38.1 Å². The SMILES string of the molecule is CC(Cl)OC(C)Oc1ccc(Br)cc1. The molecular formula is C10H12BrClO2. The van der Waals surface area contributed by atoms with Gasteiger partial charge in [-0.1, -0.05) is 27.5 Å². The van der Waals surface area contributed by atoms with E-state index in [1.807, 2.05) is 24.3 Å². The van der Waals surface area contributed by atoms with Crippen LogP contribution >= 0.6 is 27.5 Å². The smallest absolute Gasteiger partial charge is 0.198 e. The van der Waals surface area contributed by atoms with Crippen LogP contribution in [0.5, 0.6) is 5.75 Å². The van der Waals surface area contributed by atoms with Crippen molar-refractivity contribution in [3.8, 4) is 5.75 Å². The maximum absolute atomic E-state index is 5.65. The van der Waals surface area contributed by atoms with Crippen molar-refractivity contribution in [1.29, 1.82) is 0 Å². The van der Waals surface area contributed by atoms with Gasteiger partial charge >= 0.3 is 0 Å². The lowest BCUT2D eigenvalue weighted by Gasteiger charge is -2.16. The summed E-state index contributed by atoms with van der Waals surface area (Å²) < 4.78 is 11.7. The second kappa shape index (κ2) is 5.59. The molecule has 2 nitrogen and oxygen atoms in total. The van der Waals surface area contributed by atoms with Crippen LogP contribution in [0.15, 0.2) is 28.7 Å². The summed E-state index contributed by atoms with van der Waals surface area (Å²) in [6.45, 7) is 3.56. The van der Waals surface area contributed by atoms with E-state index >= 15 is 0 Å². The monoisotopic (exact) mass is 278 g/mol. The van der Waals surface area contributed by atoms with Crippen LogP contribution in [0, 0.1) is 0 Å². The van der Waals surface area contributed by atoms with E-state index in [0.29, 0.717) is 0 Å². The highest BCUT2D eigenvalue weighted by Crippen LogP contribution is 2.18. The molecule has 4 heteroatoms. The van der Waals surface area contributed by atoms with Crippen LogP contribution in [0.1, 0.15) is 13.8 Å².